The highest BCUT2D eigenvalue weighted by molar-refractivity contribution is 7.15. The summed E-state index contributed by atoms with van der Waals surface area (Å²) in [6.45, 7) is 4.55. The third-order valence-corrected chi connectivity index (χ3v) is 5.42. The molecule has 6 heteroatoms. The second-order valence-corrected chi connectivity index (χ2v) is 7.55. The van der Waals surface area contributed by atoms with Crippen LogP contribution in [-0.2, 0) is 6.42 Å². The summed E-state index contributed by atoms with van der Waals surface area (Å²) < 4.78 is 0. The molecule has 134 valence electrons. The zero-order chi connectivity index (χ0) is 18.5. The molecular weight excluding hydrogens is 366 g/mol. The van der Waals surface area contributed by atoms with Gasteiger partial charge in [-0.2, -0.15) is 0 Å². The number of thiazole rings is 1. The second-order valence-electron chi connectivity index (χ2n) is 6.03. The fourth-order valence-corrected chi connectivity index (χ4v) is 3.76. The summed E-state index contributed by atoms with van der Waals surface area (Å²) in [5, 5.41) is 7.42. The molecule has 2 N–H and O–H groups in total. The molecule has 1 aromatic heterocycles. The molecule has 2 amide bonds. The Balaban J connectivity index is 1.55. The zero-order valence-corrected chi connectivity index (χ0v) is 16.2. The average molecular weight is 386 g/mol. The number of halogens is 1. The van der Waals surface area contributed by atoms with Gasteiger partial charge in [0.1, 0.15) is 5.01 Å². The van der Waals surface area contributed by atoms with Gasteiger partial charge in [0.05, 0.1) is 5.69 Å². The largest absolute Gasteiger partial charge is 0.338 e. The molecule has 0 fully saturated rings. The molecule has 0 aliphatic carbocycles. The molecule has 4 nitrogen and oxygen atoms in total. The highest BCUT2D eigenvalue weighted by Crippen LogP contribution is 2.28. The van der Waals surface area contributed by atoms with Gasteiger partial charge in [0.2, 0.25) is 0 Å². The van der Waals surface area contributed by atoms with E-state index in [1.165, 1.54) is 4.88 Å². The van der Waals surface area contributed by atoms with Crippen molar-refractivity contribution in [2.45, 2.75) is 20.3 Å². The van der Waals surface area contributed by atoms with E-state index >= 15 is 0 Å². The van der Waals surface area contributed by atoms with E-state index in [0.29, 0.717) is 11.6 Å². The van der Waals surface area contributed by atoms with Gasteiger partial charge in [-0.25, -0.2) is 9.78 Å². The first-order chi connectivity index (χ1) is 12.5. The highest BCUT2D eigenvalue weighted by Gasteiger charge is 2.10. The molecule has 0 aliphatic rings. The van der Waals surface area contributed by atoms with E-state index in [1.807, 2.05) is 62.4 Å². The van der Waals surface area contributed by atoms with E-state index in [2.05, 4.69) is 15.6 Å². The SMILES string of the molecule is Cc1cccc(NC(=O)NCCc2sc(-c3ccc(Cl)cc3)nc2C)c1. The molecule has 26 heavy (non-hydrogen) atoms. The lowest BCUT2D eigenvalue weighted by molar-refractivity contribution is 0.252. The molecular formula is C20H20ClN3OS. The molecule has 0 saturated carbocycles. The summed E-state index contributed by atoms with van der Waals surface area (Å²) in [4.78, 5) is 17.8. The Hall–Kier alpha value is -2.37. The van der Waals surface area contributed by atoms with E-state index in [1.54, 1.807) is 11.3 Å². The minimum atomic E-state index is -0.198. The molecule has 2 aromatic carbocycles. The van der Waals surface area contributed by atoms with Crippen LogP contribution in [0.15, 0.2) is 48.5 Å². The van der Waals surface area contributed by atoms with E-state index in [0.717, 1.165) is 33.9 Å². The lowest BCUT2D eigenvalue weighted by Crippen LogP contribution is -2.30. The lowest BCUT2D eigenvalue weighted by Gasteiger charge is -2.07. The minimum absolute atomic E-state index is 0.198. The molecule has 3 rings (SSSR count). The number of carbonyl (C=O) groups is 1. The summed E-state index contributed by atoms with van der Waals surface area (Å²) in [7, 11) is 0. The first kappa shape index (κ1) is 18.4. The van der Waals surface area contributed by atoms with Crippen molar-refractivity contribution in [1.29, 1.82) is 0 Å². The number of anilines is 1. The fourth-order valence-electron chi connectivity index (χ4n) is 2.56. The summed E-state index contributed by atoms with van der Waals surface area (Å²) in [5.41, 5.74) is 3.96. The molecule has 3 aromatic rings. The van der Waals surface area contributed by atoms with Crippen molar-refractivity contribution in [3.8, 4) is 10.6 Å². The van der Waals surface area contributed by atoms with Crippen LogP contribution in [0.25, 0.3) is 10.6 Å². The van der Waals surface area contributed by atoms with Crippen molar-refractivity contribution >= 4 is 34.7 Å². The number of carbonyl (C=O) groups excluding carboxylic acids is 1. The predicted octanol–water partition coefficient (Wildman–Crippen LogP) is 5.44. The number of aryl methyl sites for hydroxylation is 2. The standard InChI is InChI=1S/C20H20ClN3OS/c1-13-4-3-5-17(12-13)24-20(25)22-11-10-18-14(2)23-19(26-18)15-6-8-16(21)9-7-15/h3-9,12H,10-11H2,1-2H3,(H2,22,24,25). The van der Waals surface area contributed by atoms with Crippen molar-refractivity contribution in [1.82, 2.24) is 10.3 Å². The summed E-state index contributed by atoms with van der Waals surface area (Å²) >= 11 is 7.59. The molecule has 0 atom stereocenters. The van der Waals surface area contributed by atoms with Crippen molar-refractivity contribution in [2.24, 2.45) is 0 Å². The van der Waals surface area contributed by atoms with E-state index < -0.39 is 0 Å². The number of aromatic nitrogens is 1. The quantitative estimate of drug-likeness (QED) is 0.614. The highest BCUT2D eigenvalue weighted by atomic mass is 35.5. The van der Waals surface area contributed by atoms with Crippen LogP contribution >= 0.6 is 22.9 Å². The predicted molar refractivity (Wildman–Crippen MR) is 109 cm³/mol. The minimum Gasteiger partial charge on any atom is -0.338 e. The van der Waals surface area contributed by atoms with Crippen molar-refractivity contribution < 1.29 is 4.79 Å². The zero-order valence-electron chi connectivity index (χ0n) is 14.7. The summed E-state index contributed by atoms with van der Waals surface area (Å²) in [5.74, 6) is 0. The molecule has 0 aliphatic heterocycles. The summed E-state index contributed by atoms with van der Waals surface area (Å²) in [6, 6.07) is 15.2. The number of hydrogen-bond donors (Lipinski definition) is 2. The van der Waals surface area contributed by atoms with E-state index in [-0.39, 0.29) is 6.03 Å². The molecule has 0 spiro atoms. The summed E-state index contributed by atoms with van der Waals surface area (Å²) in [6.07, 6.45) is 0.748. The van der Waals surface area contributed by atoms with Crippen molar-refractivity contribution in [2.75, 3.05) is 11.9 Å². The number of hydrogen-bond acceptors (Lipinski definition) is 3. The van der Waals surface area contributed by atoms with Gasteiger partial charge in [-0.15, -0.1) is 11.3 Å². The van der Waals surface area contributed by atoms with Crippen LogP contribution in [0.3, 0.4) is 0 Å². The van der Waals surface area contributed by atoms with Crippen LogP contribution in [0.4, 0.5) is 10.5 Å². The van der Waals surface area contributed by atoms with E-state index in [4.69, 9.17) is 11.6 Å². The van der Waals surface area contributed by atoms with Gasteiger partial charge >= 0.3 is 6.03 Å². The Kier molecular flexibility index (Phi) is 5.91. The van der Waals surface area contributed by atoms with E-state index in [9.17, 15) is 4.79 Å². The van der Waals surface area contributed by atoms with Gasteiger partial charge in [0.15, 0.2) is 0 Å². The Bertz CT molecular complexity index is 906. The van der Waals surface area contributed by atoms with Gasteiger partial charge in [0.25, 0.3) is 0 Å². The van der Waals surface area contributed by atoms with Crippen LogP contribution in [-0.4, -0.2) is 17.6 Å². The number of nitrogens with zero attached hydrogens (tertiary/aromatic N) is 1. The Morgan fingerprint density at radius 2 is 1.92 bits per heavy atom. The number of benzene rings is 2. The monoisotopic (exact) mass is 385 g/mol. The topological polar surface area (TPSA) is 54.0 Å². The third kappa shape index (κ3) is 4.84. The van der Waals surface area contributed by atoms with Crippen molar-refractivity contribution in [3.63, 3.8) is 0 Å². The van der Waals surface area contributed by atoms with Gasteiger partial charge in [-0.3, -0.25) is 0 Å². The third-order valence-electron chi connectivity index (χ3n) is 3.90. The van der Waals surface area contributed by atoms with Crippen LogP contribution < -0.4 is 10.6 Å². The van der Waals surface area contributed by atoms with Crippen molar-refractivity contribution in [3.05, 3.63) is 69.7 Å². The normalized spacial score (nSPS) is 10.6. The number of urea groups is 1. The maximum absolute atomic E-state index is 12.0. The molecule has 0 saturated heterocycles. The maximum Gasteiger partial charge on any atom is 0.319 e. The van der Waals surface area contributed by atoms with Gasteiger partial charge in [-0.1, -0.05) is 35.9 Å². The van der Waals surface area contributed by atoms with Crippen LogP contribution in [0, 0.1) is 13.8 Å². The van der Waals surface area contributed by atoms with Gasteiger partial charge in [0, 0.05) is 34.1 Å². The molecule has 0 radical (unpaired) electrons. The second kappa shape index (κ2) is 8.34. The Morgan fingerprint density at radius 1 is 1.15 bits per heavy atom. The molecule has 1 heterocycles. The number of nitrogens with one attached hydrogen (secondary N) is 2. The van der Waals surface area contributed by atoms with Gasteiger partial charge < -0.3 is 10.6 Å². The number of rotatable bonds is 5. The maximum atomic E-state index is 12.0. The number of amides is 2. The first-order valence-corrected chi connectivity index (χ1v) is 9.54. The van der Waals surface area contributed by atoms with Crippen LogP contribution in [0.5, 0.6) is 0 Å². The van der Waals surface area contributed by atoms with Crippen LogP contribution in [0.1, 0.15) is 16.1 Å². The lowest BCUT2D eigenvalue weighted by atomic mass is 10.2. The Morgan fingerprint density at radius 3 is 2.65 bits per heavy atom. The average Bonchev–Trinajstić information content (AvgIpc) is 2.96. The van der Waals surface area contributed by atoms with Gasteiger partial charge in [-0.05, 0) is 43.7 Å². The Labute approximate surface area is 162 Å². The first-order valence-electron chi connectivity index (χ1n) is 8.35. The molecule has 0 bridgehead atoms. The van der Waals surface area contributed by atoms with Crippen LogP contribution in [0.2, 0.25) is 5.02 Å². The fraction of sp³-hybridized carbons (Fsp3) is 0.200. The molecule has 0 unspecified atom stereocenters. The smallest absolute Gasteiger partial charge is 0.319 e.